The van der Waals surface area contributed by atoms with Crippen LogP contribution in [0.1, 0.15) is 37.8 Å². The summed E-state index contributed by atoms with van der Waals surface area (Å²) in [7, 11) is 6.48. The van der Waals surface area contributed by atoms with Crippen LogP contribution in [0.4, 0.5) is 5.82 Å². The maximum Gasteiger partial charge on any atom is 0.133 e. The molecule has 19 heavy (non-hydrogen) atoms. The van der Waals surface area contributed by atoms with Crippen LogP contribution in [0.2, 0.25) is 0 Å². The molecular formula is C15H26N4. The Labute approximate surface area is 116 Å². The van der Waals surface area contributed by atoms with Crippen LogP contribution < -0.4 is 10.6 Å². The van der Waals surface area contributed by atoms with Crippen molar-refractivity contribution in [3.63, 3.8) is 0 Å². The van der Waals surface area contributed by atoms with Gasteiger partial charge in [0.15, 0.2) is 0 Å². The molecule has 1 aromatic heterocycles. The quantitative estimate of drug-likeness (QED) is 0.882. The molecule has 106 valence electrons. The molecule has 0 bridgehead atoms. The van der Waals surface area contributed by atoms with Gasteiger partial charge in [-0.25, -0.2) is 4.98 Å². The molecule has 1 aliphatic rings. The average molecular weight is 262 g/mol. The van der Waals surface area contributed by atoms with Crippen LogP contribution in [0, 0.1) is 0 Å². The Hall–Kier alpha value is -1.13. The van der Waals surface area contributed by atoms with E-state index in [1.807, 2.05) is 19.2 Å². The van der Waals surface area contributed by atoms with Crippen LogP contribution in [0.5, 0.6) is 0 Å². The molecule has 1 aromatic rings. The highest BCUT2D eigenvalue weighted by molar-refractivity contribution is 5.48. The predicted octanol–water partition coefficient (Wildman–Crippen LogP) is 2.02. The highest BCUT2D eigenvalue weighted by Crippen LogP contribution is 2.37. The largest absolute Gasteiger partial charge is 0.358 e. The second-order valence-electron chi connectivity index (χ2n) is 6.03. The van der Waals surface area contributed by atoms with Crippen molar-refractivity contribution in [2.24, 2.45) is 5.73 Å². The first kappa shape index (κ1) is 14.3. The van der Waals surface area contributed by atoms with Crippen LogP contribution in [-0.4, -0.2) is 43.1 Å². The molecule has 0 amide bonds. The Kier molecular flexibility index (Phi) is 4.11. The Balaban J connectivity index is 2.18. The smallest absolute Gasteiger partial charge is 0.133 e. The first-order valence-corrected chi connectivity index (χ1v) is 7.05. The van der Waals surface area contributed by atoms with Crippen molar-refractivity contribution in [1.29, 1.82) is 0 Å². The van der Waals surface area contributed by atoms with Crippen molar-refractivity contribution in [2.75, 3.05) is 32.6 Å². The Morgan fingerprint density at radius 2 is 2.05 bits per heavy atom. The molecule has 0 aromatic carbocycles. The monoisotopic (exact) mass is 262 g/mol. The van der Waals surface area contributed by atoms with Gasteiger partial charge in [0.2, 0.25) is 0 Å². The van der Waals surface area contributed by atoms with Gasteiger partial charge in [-0.05, 0) is 46.3 Å². The van der Waals surface area contributed by atoms with Crippen molar-refractivity contribution in [3.05, 3.63) is 23.9 Å². The van der Waals surface area contributed by atoms with Crippen molar-refractivity contribution >= 4 is 5.82 Å². The van der Waals surface area contributed by atoms with E-state index < -0.39 is 0 Å². The summed E-state index contributed by atoms with van der Waals surface area (Å²) in [6.07, 6.45) is 5.71. The minimum atomic E-state index is 0.0165. The average Bonchev–Trinajstić information content (AvgIpc) is 2.33. The number of pyridine rings is 1. The molecule has 1 atom stereocenters. The second kappa shape index (κ2) is 5.47. The van der Waals surface area contributed by atoms with E-state index in [0.717, 1.165) is 17.9 Å². The summed E-state index contributed by atoms with van der Waals surface area (Å²) in [5, 5.41) is 0. The zero-order valence-electron chi connectivity index (χ0n) is 12.6. The lowest BCUT2D eigenvalue weighted by Crippen LogP contribution is -2.57. The van der Waals surface area contributed by atoms with Gasteiger partial charge in [-0.2, -0.15) is 0 Å². The Bertz CT molecular complexity index is 424. The van der Waals surface area contributed by atoms with Gasteiger partial charge in [0.05, 0.1) is 0 Å². The van der Waals surface area contributed by atoms with E-state index >= 15 is 0 Å². The van der Waals surface area contributed by atoms with Gasteiger partial charge >= 0.3 is 0 Å². The van der Waals surface area contributed by atoms with Crippen molar-refractivity contribution in [1.82, 2.24) is 9.88 Å². The maximum absolute atomic E-state index is 6.05. The normalized spacial score (nSPS) is 19.1. The third-order valence-electron chi connectivity index (χ3n) is 4.43. The van der Waals surface area contributed by atoms with Crippen LogP contribution in [0.25, 0.3) is 0 Å². The molecule has 1 saturated carbocycles. The fourth-order valence-corrected chi connectivity index (χ4v) is 2.93. The molecule has 0 radical (unpaired) electrons. The minimum Gasteiger partial charge on any atom is -0.358 e. The number of rotatable bonds is 5. The van der Waals surface area contributed by atoms with E-state index in [0.29, 0.717) is 5.54 Å². The molecule has 1 fully saturated rings. The Morgan fingerprint density at radius 1 is 1.37 bits per heavy atom. The number of hydrogen-bond acceptors (Lipinski definition) is 4. The first-order valence-electron chi connectivity index (χ1n) is 7.05. The summed E-state index contributed by atoms with van der Waals surface area (Å²) in [6.45, 7) is 3.02. The minimum absolute atomic E-state index is 0.0165. The zero-order chi connectivity index (χ0) is 14.0. The first-order chi connectivity index (χ1) is 8.96. The standard InChI is InChI=1S/C15H26N4/c1-12(16)13-7-5-10-17-14(13)19(4)11-15(18(2)3)8-6-9-15/h5,7,10,12H,6,8-9,11,16H2,1-4H3/t12-/m0/s1. The lowest BCUT2D eigenvalue weighted by Gasteiger charge is -2.49. The van der Waals surface area contributed by atoms with Crippen LogP contribution in [-0.2, 0) is 0 Å². The zero-order valence-corrected chi connectivity index (χ0v) is 12.6. The summed E-state index contributed by atoms with van der Waals surface area (Å²) in [5.74, 6) is 1.02. The summed E-state index contributed by atoms with van der Waals surface area (Å²) in [5.41, 5.74) is 7.48. The van der Waals surface area contributed by atoms with Crippen LogP contribution >= 0.6 is 0 Å². The number of aromatic nitrogens is 1. The van der Waals surface area contributed by atoms with Crippen molar-refractivity contribution in [3.8, 4) is 0 Å². The van der Waals surface area contributed by atoms with Gasteiger partial charge in [0.1, 0.15) is 5.82 Å². The number of nitrogens with two attached hydrogens (primary N) is 1. The van der Waals surface area contributed by atoms with E-state index in [9.17, 15) is 0 Å². The SMILES string of the molecule is C[C@H](N)c1cccnc1N(C)CC1(N(C)C)CCC1. The maximum atomic E-state index is 6.05. The summed E-state index contributed by atoms with van der Waals surface area (Å²) in [6, 6.07) is 4.05. The molecule has 1 heterocycles. The lowest BCUT2D eigenvalue weighted by molar-refractivity contribution is 0.0681. The van der Waals surface area contributed by atoms with E-state index in [1.54, 1.807) is 0 Å². The van der Waals surface area contributed by atoms with Gasteiger partial charge in [-0.1, -0.05) is 6.07 Å². The molecule has 4 heteroatoms. The van der Waals surface area contributed by atoms with E-state index in [1.165, 1.54) is 19.3 Å². The number of anilines is 1. The molecule has 4 nitrogen and oxygen atoms in total. The molecule has 1 aliphatic carbocycles. The summed E-state index contributed by atoms with van der Waals surface area (Å²) >= 11 is 0. The predicted molar refractivity (Wildman–Crippen MR) is 80.4 cm³/mol. The molecule has 0 spiro atoms. The highest BCUT2D eigenvalue weighted by atomic mass is 15.2. The summed E-state index contributed by atoms with van der Waals surface area (Å²) < 4.78 is 0. The van der Waals surface area contributed by atoms with E-state index in [4.69, 9.17) is 5.73 Å². The number of hydrogen-bond donors (Lipinski definition) is 1. The van der Waals surface area contributed by atoms with Crippen LogP contribution in [0.15, 0.2) is 18.3 Å². The fraction of sp³-hybridized carbons (Fsp3) is 0.667. The fourth-order valence-electron chi connectivity index (χ4n) is 2.93. The third-order valence-corrected chi connectivity index (χ3v) is 4.43. The molecule has 2 rings (SSSR count). The number of nitrogens with zero attached hydrogens (tertiary/aromatic N) is 3. The van der Waals surface area contributed by atoms with E-state index in [2.05, 4.69) is 42.0 Å². The molecule has 0 unspecified atom stereocenters. The molecule has 0 saturated heterocycles. The lowest BCUT2D eigenvalue weighted by atomic mass is 9.75. The molecular weight excluding hydrogens is 236 g/mol. The molecule has 0 aliphatic heterocycles. The van der Waals surface area contributed by atoms with E-state index in [-0.39, 0.29) is 6.04 Å². The van der Waals surface area contributed by atoms with Gasteiger partial charge in [0.25, 0.3) is 0 Å². The number of likely N-dealkylation sites (N-methyl/N-ethyl adjacent to an activating group) is 2. The summed E-state index contributed by atoms with van der Waals surface area (Å²) in [4.78, 5) is 9.15. The van der Waals surface area contributed by atoms with Crippen molar-refractivity contribution < 1.29 is 0 Å². The van der Waals surface area contributed by atoms with Crippen LogP contribution in [0.3, 0.4) is 0 Å². The molecule has 2 N–H and O–H groups in total. The topological polar surface area (TPSA) is 45.4 Å². The van der Waals surface area contributed by atoms with Gasteiger partial charge in [-0.3, -0.25) is 0 Å². The van der Waals surface area contributed by atoms with Gasteiger partial charge in [0, 0.05) is 36.9 Å². The highest BCUT2D eigenvalue weighted by Gasteiger charge is 2.40. The third kappa shape index (κ3) is 2.74. The Morgan fingerprint density at radius 3 is 2.53 bits per heavy atom. The van der Waals surface area contributed by atoms with Crippen molar-refractivity contribution in [2.45, 2.75) is 37.8 Å². The van der Waals surface area contributed by atoms with Gasteiger partial charge < -0.3 is 15.5 Å². The van der Waals surface area contributed by atoms with Gasteiger partial charge in [-0.15, -0.1) is 0 Å². The second-order valence-corrected chi connectivity index (χ2v) is 6.03.